The highest BCUT2D eigenvalue weighted by Gasteiger charge is 2.17. The minimum atomic E-state index is -1.05. The molecule has 5 heteroatoms. The van der Waals surface area contributed by atoms with E-state index < -0.39 is 5.97 Å². The molecule has 114 valence electrons. The smallest absolute Gasteiger partial charge is 0.307 e. The maximum atomic E-state index is 11.6. The Kier molecular flexibility index (Phi) is 4.78. The Balaban J connectivity index is 2.29. The summed E-state index contributed by atoms with van der Waals surface area (Å²) >= 11 is 0. The number of ether oxygens (including phenoxy) is 1. The monoisotopic (exact) mass is 299 g/mol. The summed E-state index contributed by atoms with van der Waals surface area (Å²) in [6, 6.07) is 12.7. The Morgan fingerprint density at radius 3 is 2.41 bits per heavy atom. The maximum absolute atomic E-state index is 11.6. The third kappa shape index (κ3) is 3.63. The van der Waals surface area contributed by atoms with Crippen LogP contribution < -0.4 is 10.5 Å². The number of hydrogen-bond acceptors (Lipinski definition) is 4. The molecule has 0 bridgehead atoms. The van der Waals surface area contributed by atoms with Gasteiger partial charge in [-0.1, -0.05) is 30.3 Å². The van der Waals surface area contributed by atoms with E-state index in [1.54, 1.807) is 12.1 Å². The van der Waals surface area contributed by atoms with Gasteiger partial charge in [-0.2, -0.15) is 0 Å². The number of anilines is 1. The summed E-state index contributed by atoms with van der Waals surface area (Å²) in [5.41, 5.74) is 7.77. The van der Waals surface area contributed by atoms with Gasteiger partial charge >= 0.3 is 5.97 Å². The second-order valence-electron chi connectivity index (χ2n) is 4.90. The van der Waals surface area contributed by atoms with Crippen molar-refractivity contribution in [1.82, 2.24) is 0 Å². The number of nitrogen functional groups attached to an aromatic ring is 1. The summed E-state index contributed by atoms with van der Waals surface area (Å²) in [5.74, 6) is -0.892. The zero-order valence-corrected chi connectivity index (χ0v) is 12.2. The molecule has 0 heterocycles. The van der Waals surface area contributed by atoms with Crippen molar-refractivity contribution in [1.29, 1.82) is 0 Å². The summed E-state index contributed by atoms with van der Waals surface area (Å²) in [6.45, 7) is 1.70. The molecule has 0 aliphatic rings. The lowest BCUT2D eigenvalue weighted by molar-refractivity contribution is -0.136. The number of Topliss-reactive ketones (excluding diaryl/α,β-unsaturated/α-hetero) is 1. The van der Waals surface area contributed by atoms with Gasteiger partial charge in [0, 0.05) is 11.1 Å². The number of carboxylic acids is 1. The highest BCUT2D eigenvalue weighted by Crippen LogP contribution is 2.30. The van der Waals surface area contributed by atoms with Gasteiger partial charge < -0.3 is 15.6 Å². The molecule has 22 heavy (non-hydrogen) atoms. The van der Waals surface area contributed by atoms with Crippen molar-refractivity contribution in [3.8, 4) is 5.75 Å². The van der Waals surface area contributed by atoms with Gasteiger partial charge in [-0.25, -0.2) is 0 Å². The Morgan fingerprint density at radius 2 is 1.82 bits per heavy atom. The van der Waals surface area contributed by atoms with Gasteiger partial charge in [0.05, 0.1) is 12.1 Å². The quantitative estimate of drug-likeness (QED) is 0.632. The van der Waals surface area contributed by atoms with Gasteiger partial charge in [-0.05, 0) is 24.6 Å². The van der Waals surface area contributed by atoms with Crippen molar-refractivity contribution in [2.75, 3.05) is 5.73 Å². The Morgan fingerprint density at radius 1 is 1.14 bits per heavy atom. The van der Waals surface area contributed by atoms with E-state index in [-0.39, 0.29) is 17.9 Å². The number of carbonyl (C=O) groups is 2. The molecule has 0 fully saturated rings. The Bertz CT molecular complexity index is 695. The number of hydrogen-bond donors (Lipinski definition) is 2. The minimum absolute atomic E-state index is 0.200. The second kappa shape index (κ2) is 6.76. The molecular formula is C17H17NO4. The predicted molar refractivity (Wildman–Crippen MR) is 83.0 cm³/mol. The minimum Gasteiger partial charge on any atom is -0.487 e. The summed E-state index contributed by atoms with van der Waals surface area (Å²) in [7, 11) is 0. The molecule has 2 aromatic carbocycles. The van der Waals surface area contributed by atoms with Crippen molar-refractivity contribution in [3.05, 3.63) is 59.2 Å². The van der Waals surface area contributed by atoms with Crippen LogP contribution >= 0.6 is 0 Å². The number of nitrogens with two attached hydrogens (primary N) is 1. The van der Waals surface area contributed by atoms with Crippen molar-refractivity contribution in [3.63, 3.8) is 0 Å². The van der Waals surface area contributed by atoms with Crippen LogP contribution in [0, 0.1) is 0 Å². The number of benzene rings is 2. The van der Waals surface area contributed by atoms with Crippen LogP contribution in [-0.2, 0) is 17.8 Å². The third-order valence-corrected chi connectivity index (χ3v) is 3.26. The van der Waals surface area contributed by atoms with Gasteiger partial charge in [0.1, 0.15) is 12.4 Å². The molecular weight excluding hydrogens is 282 g/mol. The SMILES string of the molecule is CC(=O)c1ccc(OCc2ccccc2)c(N)c1CC(=O)O. The first-order valence-electron chi connectivity index (χ1n) is 6.80. The van der Waals surface area contributed by atoms with E-state index in [9.17, 15) is 9.59 Å². The van der Waals surface area contributed by atoms with Crippen LogP contribution in [0.5, 0.6) is 5.75 Å². The van der Waals surface area contributed by atoms with Crippen molar-refractivity contribution in [2.24, 2.45) is 0 Å². The van der Waals surface area contributed by atoms with Crippen LogP contribution in [-0.4, -0.2) is 16.9 Å². The highest BCUT2D eigenvalue weighted by molar-refractivity contribution is 5.98. The molecule has 0 saturated carbocycles. The lowest BCUT2D eigenvalue weighted by Crippen LogP contribution is -2.11. The van der Waals surface area contributed by atoms with Crippen molar-refractivity contribution < 1.29 is 19.4 Å². The molecule has 0 saturated heterocycles. The molecule has 5 nitrogen and oxygen atoms in total. The van der Waals surface area contributed by atoms with Crippen LogP contribution in [0.25, 0.3) is 0 Å². The second-order valence-corrected chi connectivity index (χ2v) is 4.90. The molecule has 3 N–H and O–H groups in total. The highest BCUT2D eigenvalue weighted by atomic mass is 16.5. The first-order chi connectivity index (χ1) is 10.5. The van der Waals surface area contributed by atoms with Crippen LogP contribution in [0.2, 0.25) is 0 Å². The standard InChI is InChI=1S/C17H17NO4/c1-11(19)13-7-8-15(17(18)14(13)9-16(20)21)22-10-12-5-3-2-4-6-12/h2-8H,9-10,18H2,1H3,(H,20,21). The van der Waals surface area contributed by atoms with Gasteiger partial charge in [-0.15, -0.1) is 0 Å². The molecule has 0 atom stereocenters. The summed E-state index contributed by atoms with van der Waals surface area (Å²) in [4.78, 5) is 22.6. The molecule has 0 spiro atoms. The zero-order chi connectivity index (χ0) is 16.1. The summed E-state index contributed by atoms with van der Waals surface area (Å²) in [6.07, 6.45) is -0.316. The van der Waals surface area contributed by atoms with E-state index in [0.29, 0.717) is 23.5 Å². The van der Waals surface area contributed by atoms with E-state index in [1.807, 2.05) is 30.3 Å². The number of carboxylic acid groups (broad SMARTS) is 1. The number of ketones is 1. The number of carbonyl (C=O) groups excluding carboxylic acids is 1. The van der Waals surface area contributed by atoms with E-state index in [2.05, 4.69) is 0 Å². The fraction of sp³-hybridized carbons (Fsp3) is 0.176. The normalized spacial score (nSPS) is 10.2. The molecule has 2 rings (SSSR count). The zero-order valence-electron chi connectivity index (χ0n) is 12.2. The van der Waals surface area contributed by atoms with Gasteiger partial charge in [0.25, 0.3) is 0 Å². The van der Waals surface area contributed by atoms with Gasteiger partial charge in [0.15, 0.2) is 5.78 Å². The average Bonchev–Trinajstić information content (AvgIpc) is 2.48. The molecule has 0 aromatic heterocycles. The third-order valence-electron chi connectivity index (χ3n) is 3.26. The van der Waals surface area contributed by atoms with Crippen molar-refractivity contribution in [2.45, 2.75) is 20.0 Å². The number of rotatable bonds is 6. The Hall–Kier alpha value is -2.82. The average molecular weight is 299 g/mol. The van der Waals surface area contributed by atoms with E-state index in [1.165, 1.54) is 6.92 Å². The van der Waals surface area contributed by atoms with E-state index in [0.717, 1.165) is 5.56 Å². The van der Waals surface area contributed by atoms with Gasteiger partial charge in [0.2, 0.25) is 0 Å². The predicted octanol–water partition coefficient (Wildman–Crippen LogP) is 2.68. The lowest BCUT2D eigenvalue weighted by Gasteiger charge is -2.14. The Labute approximate surface area is 128 Å². The largest absolute Gasteiger partial charge is 0.487 e. The van der Waals surface area contributed by atoms with Crippen LogP contribution in [0.3, 0.4) is 0 Å². The van der Waals surface area contributed by atoms with E-state index in [4.69, 9.17) is 15.6 Å². The first kappa shape index (κ1) is 15.6. The fourth-order valence-electron chi connectivity index (χ4n) is 2.18. The molecule has 0 radical (unpaired) electrons. The molecule has 0 aliphatic carbocycles. The van der Waals surface area contributed by atoms with E-state index >= 15 is 0 Å². The maximum Gasteiger partial charge on any atom is 0.307 e. The van der Waals surface area contributed by atoms with Crippen LogP contribution in [0.4, 0.5) is 5.69 Å². The van der Waals surface area contributed by atoms with Crippen molar-refractivity contribution >= 4 is 17.4 Å². The lowest BCUT2D eigenvalue weighted by atomic mass is 9.99. The molecule has 0 unspecified atom stereocenters. The molecule has 0 aliphatic heterocycles. The summed E-state index contributed by atoms with van der Waals surface area (Å²) in [5, 5.41) is 8.99. The molecule has 2 aromatic rings. The number of aliphatic carboxylic acids is 1. The van der Waals surface area contributed by atoms with Crippen LogP contribution in [0.1, 0.15) is 28.4 Å². The van der Waals surface area contributed by atoms with Gasteiger partial charge in [-0.3, -0.25) is 9.59 Å². The fourth-order valence-corrected chi connectivity index (χ4v) is 2.18. The molecule has 0 amide bonds. The first-order valence-corrected chi connectivity index (χ1v) is 6.80. The topological polar surface area (TPSA) is 89.6 Å². The van der Waals surface area contributed by atoms with Crippen LogP contribution in [0.15, 0.2) is 42.5 Å². The summed E-state index contributed by atoms with van der Waals surface area (Å²) < 4.78 is 5.65.